The molecule has 44 heavy (non-hydrogen) atoms. The Labute approximate surface area is 261 Å². The van der Waals surface area contributed by atoms with Crippen molar-refractivity contribution in [3.8, 4) is 11.1 Å². The Bertz CT molecular complexity index is 1500. The van der Waals surface area contributed by atoms with Gasteiger partial charge in [-0.3, -0.25) is 9.59 Å². The first-order valence-corrected chi connectivity index (χ1v) is 15.2. The quantitative estimate of drug-likeness (QED) is 0.156. The molecule has 3 heterocycles. The highest BCUT2D eigenvalue weighted by molar-refractivity contribution is 6.29. The minimum Gasteiger partial charge on any atom is -0.481 e. The Balaban J connectivity index is 1.26. The lowest BCUT2D eigenvalue weighted by Crippen LogP contribution is -2.42. The van der Waals surface area contributed by atoms with Gasteiger partial charge in [0.25, 0.3) is 0 Å². The van der Waals surface area contributed by atoms with Crippen LogP contribution in [0.25, 0.3) is 11.1 Å². The molecule has 0 saturated carbocycles. The maximum atomic E-state index is 13.6. The van der Waals surface area contributed by atoms with E-state index in [-0.39, 0.29) is 31.5 Å². The van der Waals surface area contributed by atoms with Crippen molar-refractivity contribution in [2.24, 2.45) is 0 Å². The number of aliphatic carboxylic acids is 1. The fourth-order valence-corrected chi connectivity index (χ4v) is 5.74. The summed E-state index contributed by atoms with van der Waals surface area (Å²) < 4.78 is 11.6. The average Bonchev–Trinajstić information content (AvgIpc) is 3.54. The Hall–Kier alpha value is -4.05. The summed E-state index contributed by atoms with van der Waals surface area (Å²) in [5.74, 6) is -1.84. The summed E-state index contributed by atoms with van der Waals surface area (Å²) in [4.78, 5) is 43.4. The van der Waals surface area contributed by atoms with Crippen molar-refractivity contribution in [1.82, 2.24) is 15.2 Å². The van der Waals surface area contributed by atoms with Gasteiger partial charge in [-0.2, -0.15) is 0 Å². The minimum atomic E-state index is -0.819. The van der Waals surface area contributed by atoms with Gasteiger partial charge in [0.05, 0.1) is 24.6 Å². The highest BCUT2D eigenvalue weighted by Crippen LogP contribution is 2.38. The molecule has 2 aliphatic heterocycles. The minimum absolute atomic E-state index is 0.0462. The molecule has 5 rings (SSSR count). The van der Waals surface area contributed by atoms with E-state index in [1.165, 1.54) is 0 Å². The number of hydrogen-bond acceptors (Lipinski definition) is 7. The van der Waals surface area contributed by atoms with Gasteiger partial charge >= 0.3 is 11.9 Å². The lowest BCUT2D eigenvalue weighted by atomic mass is 9.84. The number of hydrogen-bond donors (Lipinski definition) is 2. The topological polar surface area (TPSA) is 118 Å². The number of allylic oxidation sites excluding steroid dienone is 1. The van der Waals surface area contributed by atoms with Gasteiger partial charge in [-0.15, -0.1) is 0 Å². The van der Waals surface area contributed by atoms with E-state index in [0.717, 1.165) is 40.7 Å². The van der Waals surface area contributed by atoms with Crippen LogP contribution in [0.2, 0.25) is 5.15 Å². The van der Waals surface area contributed by atoms with E-state index in [1.807, 2.05) is 48.5 Å². The van der Waals surface area contributed by atoms with E-state index in [4.69, 9.17) is 26.2 Å². The van der Waals surface area contributed by atoms with Crippen LogP contribution in [0.1, 0.15) is 55.2 Å². The Morgan fingerprint density at radius 1 is 1.07 bits per heavy atom. The number of carbonyl (C=O) groups is 3. The van der Waals surface area contributed by atoms with Gasteiger partial charge in [0.15, 0.2) is 0 Å². The first kappa shape index (κ1) is 31.4. The van der Waals surface area contributed by atoms with Gasteiger partial charge < -0.3 is 24.8 Å². The molecule has 1 aromatic heterocycles. The summed E-state index contributed by atoms with van der Waals surface area (Å²) >= 11 is 6.01. The molecule has 10 heteroatoms. The van der Waals surface area contributed by atoms with Crippen molar-refractivity contribution in [2.45, 2.75) is 57.8 Å². The zero-order valence-corrected chi connectivity index (χ0v) is 25.4. The predicted molar refractivity (Wildman–Crippen MR) is 166 cm³/mol. The third-order valence-electron chi connectivity index (χ3n) is 8.06. The third kappa shape index (κ3) is 7.91. The van der Waals surface area contributed by atoms with Crippen LogP contribution in [0.3, 0.4) is 0 Å². The SMILES string of the molecule is CC1=C(C(=O)OCc2ccc(-c3ccc(CNCCC(=O)O)cc3)cc2)[C@H](c2ccc(Cl)nc2)CC(=O)N1C[C@H]1CCCO1. The van der Waals surface area contributed by atoms with Crippen molar-refractivity contribution in [3.63, 3.8) is 0 Å². The smallest absolute Gasteiger partial charge is 0.336 e. The summed E-state index contributed by atoms with van der Waals surface area (Å²) in [5, 5.41) is 12.2. The highest BCUT2D eigenvalue weighted by Gasteiger charge is 2.38. The van der Waals surface area contributed by atoms with Gasteiger partial charge in [-0.1, -0.05) is 66.2 Å². The molecule has 3 aromatic rings. The number of esters is 1. The predicted octanol–water partition coefficient (Wildman–Crippen LogP) is 5.48. The van der Waals surface area contributed by atoms with Crippen molar-refractivity contribution >= 4 is 29.4 Å². The summed E-state index contributed by atoms with van der Waals surface area (Å²) in [7, 11) is 0. The number of ether oxygens (including phenoxy) is 2. The molecule has 1 saturated heterocycles. The molecule has 2 aromatic carbocycles. The van der Waals surface area contributed by atoms with Crippen LogP contribution in [0, 0.1) is 0 Å². The van der Waals surface area contributed by atoms with Crippen LogP contribution < -0.4 is 5.32 Å². The Kier molecular flexibility index (Phi) is 10.4. The zero-order chi connectivity index (χ0) is 31.1. The van der Waals surface area contributed by atoms with E-state index in [2.05, 4.69) is 10.3 Å². The largest absolute Gasteiger partial charge is 0.481 e. The number of amides is 1. The van der Waals surface area contributed by atoms with Crippen LogP contribution in [0.15, 0.2) is 78.1 Å². The monoisotopic (exact) mass is 617 g/mol. The van der Waals surface area contributed by atoms with Gasteiger partial charge in [0.2, 0.25) is 5.91 Å². The fourth-order valence-electron chi connectivity index (χ4n) is 5.63. The second-order valence-corrected chi connectivity index (χ2v) is 11.5. The van der Waals surface area contributed by atoms with Gasteiger partial charge in [-0.25, -0.2) is 9.78 Å². The molecule has 0 aliphatic carbocycles. The molecule has 2 aliphatic rings. The molecular weight excluding hydrogens is 582 g/mol. The molecule has 1 fully saturated rings. The summed E-state index contributed by atoms with van der Waals surface area (Å²) in [6, 6.07) is 19.4. The molecular formula is C34H36ClN3O6. The van der Waals surface area contributed by atoms with Crippen LogP contribution in [-0.4, -0.2) is 58.6 Å². The summed E-state index contributed by atoms with van der Waals surface area (Å²) in [6.45, 7) is 4.00. The summed E-state index contributed by atoms with van der Waals surface area (Å²) in [6.07, 6.45) is 3.62. The maximum Gasteiger partial charge on any atom is 0.336 e. The number of nitrogens with one attached hydrogen (secondary N) is 1. The van der Waals surface area contributed by atoms with Gasteiger partial charge in [-0.05, 0) is 53.6 Å². The number of carbonyl (C=O) groups excluding carboxylic acids is 2. The second-order valence-electron chi connectivity index (χ2n) is 11.1. The molecule has 0 unspecified atom stereocenters. The number of benzene rings is 2. The van der Waals surface area contributed by atoms with Crippen LogP contribution >= 0.6 is 11.6 Å². The van der Waals surface area contributed by atoms with Crippen molar-refractivity contribution in [3.05, 3.63) is 100.0 Å². The maximum absolute atomic E-state index is 13.6. The van der Waals surface area contributed by atoms with E-state index in [0.29, 0.717) is 42.7 Å². The molecule has 2 N–H and O–H groups in total. The lowest BCUT2D eigenvalue weighted by molar-refractivity contribution is -0.142. The fraction of sp³-hybridized carbons (Fsp3) is 0.353. The van der Waals surface area contributed by atoms with E-state index in [1.54, 1.807) is 30.2 Å². The van der Waals surface area contributed by atoms with Crippen molar-refractivity contribution in [2.75, 3.05) is 19.7 Å². The lowest BCUT2D eigenvalue weighted by Gasteiger charge is -2.35. The number of pyridine rings is 1. The molecule has 0 spiro atoms. The number of carboxylic acids is 1. The molecule has 9 nitrogen and oxygen atoms in total. The Morgan fingerprint density at radius 3 is 2.39 bits per heavy atom. The van der Waals surface area contributed by atoms with Crippen molar-refractivity contribution < 1.29 is 29.0 Å². The third-order valence-corrected chi connectivity index (χ3v) is 8.29. The molecule has 0 radical (unpaired) electrons. The zero-order valence-electron chi connectivity index (χ0n) is 24.6. The molecule has 2 atom stereocenters. The van der Waals surface area contributed by atoms with Crippen molar-refractivity contribution in [1.29, 1.82) is 0 Å². The Morgan fingerprint density at radius 2 is 1.77 bits per heavy atom. The van der Waals surface area contributed by atoms with E-state index < -0.39 is 17.9 Å². The number of nitrogens with zero attached hydrogens (tertiary/aromatic N) is 2. The standard InChI is InChI=1S/C34H36ClN3O6/c1-22-33(29(27-12-13-30(35)37-19-27)17-31(39)38(22)20-28-3-2-16-43-28)34(42)44-21-24-6-10-26(11-7-24)25-8-4-23(5-9-25)18-36-15-14-32(40)41/h4-13,19,28-29,36H,2-3,14-18,20-21H2,1H3,(H,40,41)/t28-,29+/m1/s1. The first-order valence-electron chi connectivity index (χ1n) is 14.8. The van der Waals surface area contributed by atoms with E-state index in [9.17, 15) is 14.4 Å². The van der Waals surface area contributed by atoms with Gasteiger partial charge in [0, 0.05) is 43.9 Å². The average molecular weight is 618 g/mol. The van der Waals surface area contributed by atoms with Gasteiger partial charge in [0.1, 0.15) is 11.8 Å². The normalized spacial score (nSPS) is 18.5. The number of rotatable bonds is 12. The highest BCUT2D eigenvalue weighted by atomic mass is 35.5. The molecule has 230 valence electrons. The molecule has 0 bridgehead atoms. The molecule has 1 amide bonds. The first-order chi connectivity index (χ1) is 21.3. The summed E-state index contributed by atoms with van der Waals surface area (Å²) in [5.41, 5.74) is 5.73. The second kappa shape index (κ2) is 14.6. The van der Waals surface area contributed by atoms with E-state index >= 15 is 0 Å². The number of carboxylic acid groups (broad SMARTS) is 1. The number of halogens is 1. The van der Waals surface area contributed by atoms with Crippen LogP contribution in [-0.2, 0) is 37.0 Å². The van der Waals surface area contributed by atoms with Crippen LogP contribution in [0.4, 0.5) is 0 Å². The van der Waals surface area contributed by atoms with Crippen LogP contribution in [0.5, 0.6) is 0 Å². The number of aromatic nitrogens is 1.